The van der Waals surface area contributed by atoms with Gasteiger partial charge in [0.1, 0.15) is 11.6 Å². The Morgan fingerprint density at radius 1 is 1.10 bits per heavy atom. The Morgan fingerprint density at radius 3 is 2.71 bits per heavy atom. The van der Waals surface area contributed by atoms with Gasteiger partial charge in [-0.05, 0) is 61.6 Å². The molecule has 1 aliphatic rings. The van der Waals surface area contributed by atoms with Crippen LogP contribution in [0.1, 0.15) is 48.0 Å². The molecule has 0 unspecified atom stereocenters. The van der Waals surface area contributed by atoms with E-state index in [1.165, 1.54) is 6.42 Å². The highest BCUT2D eigenvalue weighted by Gasteiger charge is 2.20. The third kappa shape index (κ3) is 7.04. The molecule has 1 fully saturated rings. The zero-order valence-electron chi connectivity index (χ0n) is 23.2. The number of amides is 2. The number of carbonyl (C=O) groups excluding carboxylic acids is 2. The lowest BCUT2D eigenvalue weighted by Crippen LogP contribution is -2.31. The molecule has 0 saturated heterocycles. The van der Waals surface area contributed by atoms with E-state index in [1.807, 2.05) is 37.4 Å². The highest BCUT2D eigenvalue weighted by Crippen LogP contribution is 2.31. The molecule has 2 heterocycles. The van der Waals surface area contributed by atoms with Crippen LogP contribution in [0, 0.1) is 0 Å². The third-order valence-corrected chi connectivity index (χ3v) is 7.75. The Kier molecular flexibility index (Phi) is 9.16. The summed E-state index contributed by atoms with van der Waals surface area (Å²) < 4.78 is 5.90. The minimum atomic E-state index is -0.495. The van der Waals surface area contributed by atoms with Gasteiger partial charge in [-0.2, -0.15) is 0 Å². The van der Waals surface area contributed by atoms with E-state index in [0.29, 0.717) is 60.6 Å². The number of nitrogens with zero attached hydrogens (tertiary/aromatic N) is 3. The first-order chi connectivity index (χ1) is 19.9. The second-order valence-corrected chi connectivity index (χ2v) is 10.8. The van der Waals surface area contributed by atoms with Crippen LogP contribution in [0.4, 0.5) is 5.82 Å². The molecular weight excluding hydrogens is 540 g/mol. The van der Waals surface area contributed by atoms with Gasteiger partial charge in [-0.3, -0.25) is 14.6 Å². The number of ether oxygens (including phenoxy) is 1. The van der Waals surface area contributed by atoms with E-state index >= 15 is 0 Å². The molecule has 0 atom stereocenters. The maximum atomic E-state index is 12.6. The predicted molar refractivity (Wildman–Crippen MR) is 162 cm³/mol. The highest BCUT2D eigenvalue weighted by atomic mass is 35.5. The molecule has 2 aromatic carbocycles. The fourth-order valence-corrected chi connectivity index (χ4v) is 5.07. The number of nitrogens with two attached hydrogens (primary N) is 1. The Labute approximate surface area is 244 Å². The monoisotopic (exact) mass is 574 g/mol. The van der Waals surface area contributed by atoms with Crippen molar-refractivity contribution in [3.8, 4) is 5.75 Å². The number of fused-ring (bicyclic) bond motifs is 3. The zero-order valence-corrected chi connectivity index (χ0v) is 23.9. The number of benzene rings is 2. The molecular formula is C31H35ClN6O3. The van der Waals surface area contributed by atoms with Crippen LogP contribution in [0.15, 0.2) is 54.9 Å². The average Bonchev–Trinajstić information content (AvgIpc) is 2.95. The van der Waals surface area contributed by atoms with E-state index in [0.717, 1.165) is 46.7 Å². The summed E-state index contributed by atoms with van der Waals surface area (Å²) >= 11 is 6.39. The van der Waals surface area contributed by atoms with Crippen molar-refractivity contribution in [2.75, 3.05) is 32.0 Å². The van der Waals surface area contributed by atoms with Crippen LogP contribution < -0.4 is 21.1 Å². The summed E-state index contributed by atoms with van der Waals surface area (Å²) in [5.41, 5.74) is 7.59. The number of nitrogens with one attached hydrogen (secondary N) is 2. The number of anilines is 1. The molecule has 214 valence electrons. The summed E-state index contributed by atoms with van der Waals surface area (Å²) in [4.78, 5) is 35.1. The van der Waals surface area contributed by atoms with E-state index in [1.54, 1.807) is 29.4 Å². The van der Waals surface area contributed by atoms with Gasteiger partial charge >= 0.3 is 0 Å². The Hall–Kier alpha value is -3.95. The number of hydrogen-bond acceptors (Lipinski definition) is 7. The first kappa shape index (κ1) is 28.6. The van der Waals surface area contributed by atoms with Crippen LogP contribution in [0.2, 0.25) is 5.02 Å². The molecule has 2 amide bonds. The minimum Gasteiger partial charge on any atom is -0.489 e. The second kappa shape index (κ2) is 13.1. The lowest BCUT2D eigenvalue weighted by molar-refractivity contribution is -0.129. The molecule has 0 spiro atoms. The van der Waals surface area contributed by atoms with Crippen LogP contribution in [0.25, 0.3) is 21.7 Å². The van der Waals surface area contributed by atoms with E-state index in [2.05, 4.69) is 15.6 Å². The molecule has 10 heteroatoms. The predicted octanol–water partition coefficient (Wildman–Crippen LogP) is 4.91. The van der Waals surface area contributed by atoms with Gasteiger partial charge in [-0.1, -0.05) is 23.7 Å². The average molecular weight is 575 g/mol. The molecule has 1 saturated carbocycles. The van der Waals surface area contributed by atoms with Crippen molar-refractivity contribution in [1.29, 1.82) is 0 Å². The molecule has 41 heavy (non-hydrogen) atoms. The number of halogens is 1. The van der Waals surface area contributed by atoms with Crippen molar-refractivity contribution in [1.82, 2.24) is 20.2 Å². The maximum Gasteiger partial charge on any atom is 0.248 e. The summed E-state index contributed by atoms with van der Waals surface area (Å²) in [5.74, 6) is 1.03. The van der Waals surface area contributed by atoms with Crippen molar-refractivity contribution in [3.63, 3.8) is 0 Å². The smallest absolute Gasteiger partial charge is 0.248 e. The van der Waals surface area contributed by atoms with Crippen LogP contribution in [0.3, 0.4) is 0 Å². The van der Waals surface area contributed by atoms with E-state index in [4.69, 9.17) is 27.1 Å². The van der Waals surface area contributed by atoms with Crippen molar-refractivity contribution in [3.05, 3.63) is 71.0 Å². The molecule has 0 aliphatic heterocycles. The van der Waals surface area contributed by atoms with Crippen LogP contribution in [0.5, 0.6) is 5.75 Å². The van der Waals surface area contributed by atoms with Gasteiger partial charge in [0.15, 0.2) is 0 Å². The summed E-state index contributed by atoms with van der Waals surface area (Å²) in [6, 6.07) is 13.0. The highest BCUT2D eigenvalue weighted by molar-refractivity contribution is 6.32. The van der Waals surface area contributed by atoms with Gasteiger partial charge in [0.2, 0.25) is 11.8 Å². The molecule has 9 nitrogen and oxygen atoms in total. The molecule has 2 aromatic heterocycles. The molecule has 5 rings (SSSR count). The summed E-state index contributed by atoms with van der Waals surface area (Å²) in [6.07, 6.45) is 8.38. The SMILES string of the molecule is CN(CCCNc1nc2cc(C(N)=O)ccc2c2cnccc12)C(=O)CCNCc1ccc(OC2CCC2)c(Cl)c1. The largest absolute Gasteiger partial charge is 0.489 e. The van der Waals surface area contributed by atoms with Crippen molar-refractivity contribution >= 4 is 50.9 Å². The van der Waals surface area contributed by atoms with Crippen LogP contribution in [-0.2, 0) is 11.3 Å². The molecule has 1 aliphatic carbocycles. The molecule has 0 radical (unpaired) electrons. The van der Waals surface area contributed by atoms with Gasteiger partial charge < -0.3 is 26.0 Å². The maximum absolute atomic E-state index is 12.6. The standard InChI is InChI=1S/C31H35ClN6O3/c1-38(29(39)11-14-34-18-20-6-9-28(26(32)16-20)41-22-4-2-5-22)15-3-12-36-31-24-10-13-35-19-25(24)23-8-7-21(30(33)40)17-27(23)37-31/h6-10,13,16-17,19,22,34H,2-5,11-12,14-15,18H2,1H3,(H2,33,40)(H,36,37). The van der Waals surface area contributed by atoms with E-state index in [9.17, 15) is 9.59 Å². The summed E-state index contributed by atoms with van der Waals surface area (Å²) in [7, 11) is 1.82. The summed E-state index contributed by atoms with van der Waals surface area (Å²) in [6.45, 7) is 2.45. The Morgan fingerprint density at radius 2 is 1.95 bits per heavy atom. The topological polar surface area (TPSA) is 122 Å². The van der Waals surface area contributed by atoms with E-state index < -0.39 is 5.91 Å². The van der Waals surface area contributed by atoms with Gasteiger partial charge in [0, 0.05) is 73.8 Å². The molecule has 0 bridgehead atoms. The Balaban J connectivity index is 1.07. The van der Waals surface area contributed by atoms with Gasteiger partial charge in [-0.15, -0.1) is 0 Å². The van der Waals surface area contributed by atoms with Crippen molar-refractivity contribution in [2.45, 2.75) is 44.8 Å². The first-order valence-electron chi connectivity index (χ1n) is 14.0. The van der Waals surface area contributed by atoms with Crippen molar-refractivity contribution < 1.29 is 14.3 Å². The lowest BCUT2D eigenvalue weighted by Gasteiger charge is -2.26. The number of rotatable bonds is 13. The lowest BCUT2D eigenvalue weighted by atomic mass is 9.96. The quantitative estimate of drug-likeness (QED) is 0.153. The first-order valence-corrected chi connectivity index (χ1v) is 14.4. The third-order valence-electron chi connectivity index (χ3n) is 7.46. The van der Waals surface area contributed by atoms with Gasteiger partial charge in [0.05, 0.1) is 16.6 Å². The van der Waals surface area contributed by atoms with Crippen molar-refractivity contribution in [2.24, 2.45) is 5.73 Å². The molecule has 4 N–H and O–H groups in total. The fraction of sp³-hybridized carbons (Fsp3) is 0.355. The molecule has 4 aromatic rings. The Bertz CT molecular complexity index is 1560. The second-order valence-electron chi connectivity index (χ2n) is 10.4. The number of primary amides is 1. The minimum absolute atomic E-state index is 0.0825. The number of carbonyl (C=O) groups is 2. The fourth-order valence-electron chi connectivity index (χ4n) is 4.82. The summed E-state index contributed by atoms with van der Waals surface area (Å²) in [5, 5.41) is 10.1. The van der Waals surface area contributed by atoms with E-state index in [-0.39, 0.29) is 5.91 Å². The normalized spacial score (nSPS) is 13.2. The van der Waals surface area contributed by atoms with Crippen LogP contribution >= 0.6 is 11.6 Å². The zero-order chi connectivity index (χ0) is 28.8. The van der Waals surface area contributed by atoms with Crippen LogP contribution in [-0.4, -0.2) is 59.5 Å². The number of aromatic nitrogens is 2. The number of pyridine rings is 2. The number of hydrogen-bond donors (Lipinski definition) is 3. The van der Waals surface area contributed by atoms with Gasteiger partial charge in [-0.25, -0.2) is 4.98 Å². The van der Waals surface area contributed by atoms with Gasteiger partial charge in [0.25, 0.3) is 0 Å².